The van der Waals surface area contributed by atoms with Gasteiger partial charge < -0.3 is 22.1 Å². The van der Waals surface area contributed by atoms with Crippen LogP contribution in [0.3, 0.4) is 0 Å². The van der Waals surface area contributed by atoms with Crippen LogP contribution >= 0.6 is 23.2 Å². The number of halogens is 5. The van der Waals surface area contributed by atoms with Crippen molar-refractivity contribution in [3.63, 3.8) is 0 Å². The van der Waals surface area contributed by atoms with Crippen LogP contribution in [0.4, 0.5) is 30.5 Å². The molecule has 0 unspecified atom stereocenters. The first-order valence-corrected chi connectivity index (χ1v) is 14.6. The van der Waals surface area contributed by atoms with Crippen LogP contribution in [0.25, 0.3) is 0 Å². The molecule has 2 fully saturated rings. The number of amides is 1. The third-order valence-corrected chi connectivity index (χ3v) is 7.79. The molecule has 1 heterocycles. The fraction of sp³-hybridized carbons (Fsp3) is 0.433. The molecule has 1 aromatic heterocycles. The highest BCUT2D eigenvalue weighted by atomic mass is 35.5. The molecular formula is C30H37Cl2F3N6O. The molecule has 2 aromatic carbocycles. The van der Waals surface area contributed by atoms with E-state index in [1.54, 1.807) is 31.2 Å². The first kappa shape index (κ1) is 33.4. The fourth-order valence-electron chi connectivity index (χ4n) is 4.04. The van der Waals surface area contributed by atoms with E-state index < -0.39 is 23.3 Å². The molecule has 5 rings (SSSR count). The summed E-state index contributed by atoms with van der Waals surface area (Å²) in [6.07, 6.45) is 3.34. The van der Waals surface area contributed by atoms with Gasteiger partial charge in [0, 0.05) is 34.2 Å². The molecule has 12 heteroatoms. The van der Waals surface area contributed by atoms with Crippen molar-refractivity contribution in [1.29, 1.82) is 0 Å². The number of hydrogen-bond donors (Lipinski definition) is 4. The lowest BCUT2D eigenvalue weighted by atomic mass is 9.85. The molecule has 2 aliphatic carbocycles. The number of carbonyl (C=O) groups excluding carboxylic acids is 1. The SMILES string of the molecule is Cc1ccc(Cl)cc1N.Cc1ccc(Cl)cc1Nc1ncc(C(=O)NCC2CCC2)c(C(F)(F)F)n1.NCC1CCC1. The molecule has 0 bridgehead atoms. The number of nitrogens with one attached hydrogen (secondary N) is 2. The van der Waals surface area contributed by atoms with E-state index in [0.29, 0.717) is 28.2 Å². The van der Waals surface area contributed by atoms with Crippen LogP contribution in [0.5, 0.6) is 0 Å². The largest absolute Gasteiger partial charge is 0.434 e. The maximum atomic E-state index is 13.4. The molecule has 2 saturated carbocycles. The standard InChI is InChI=1S/C18H18ClF3N4O.C7H8ClN.C5H11N/c1-10-5-6-12(19)7-14(10)25-17-24-9-13(15(26-17)18(20,21)22)16(27)23-8-11-3-2-4-11;1-5-2-3-6(8)4-7(5)9;6-4-5-2-1-3-5/h5-7,9,11H,2-4,8H2,1H3,(H,23,27)(H,24,25,26);2-4H,9H2,1H3;5H,1-4,6H2. The number of nitrogens with two attached hydrogens (primary N) is 2. The monoisotopic (exact) mass is 624 g/mol. The zero-order valence-electron chi connectivity index (χ0n) is 23.7. The summed E-state index contributed by atoms with van der Waals surface area (Å²) in [5, 5.41) is 6.38. The van der Waals surface area contributed by atoms with E-state index in [-0.39, 0.29) is 5.95 Å². The minimum absolute atomic E-state index is 0.261. The van der Waals surface area contributed by atoms with Crippen LogP contribution in [0.1, 0.15) is 65.7 Å². The van der Waals surface area contributed by atoms with Crippen molar-refractivity contribution in [2.24, 2.45) is 17.6 Å². The smallest absolute Gasteiger partial charge is 0.398 e. The van der Waals surface area contributed by atoms with Crippen LogP contribution in [-0.4, -0.2) is 29.0 Å². The average Bonchev–Trinajstić information content (AvgIpc) is 2.87. The predicted molar refractivity (Wildman–Crippen MR) is 163 cm³/mol. The Morgan fingerprint density at radius 3 is 2.05 bits per heavy atom. The van der Waals surface area contributed by atoms with Crippen LogP contribution in [0.15, 0.2) is 42.6 Å². The summed E-state index contributed by atoms with van der Waals surface area (Å²) in [4.78, 5) is 19.6. The van der Waals surface area contributed by atoms with Gasteiger partial charge in [-0.3, -0.25) is 4.79 Å². The Morgan fingerprint density at radius 2 is 1.57 bits per heavy atom. The van der Waals surface area contributed by atoms with Crippen molar-refractivity contribution in [3.05, 3.63) is 75.0 Å². The number of aromatic nitrogens is 2. The Kier molecular flexibility index (Phi) is 12.3. The molecule has 3 aromatic rings. The Morgan fingerprint density at radius 1 is 0.976 bits per heavy atom. The van der Waals surface area contributed by atoms with E-state index in [1.165, 1.54) is 19.3 Å². The van der Waals surface area contributed by atoms with Gasteiger partial charge in [-0.2, -0.15) is 13.2 Å². The van der Waals surface area contributed by atoms with Crippen molar-refractivity contribution in [1.82, 2.24) is 15.3 Å². The van der Waals surface area contributed by atoms with E-state index in [1.807, 2.05) is 19.1 Å². The van der Waals surface area contributed by atoms with Crippen molar-refractivity contribution in [2.45, 2.75) is 58.5 Å². The van der Waals surface area contributed by atoms with E-state index >= 15 is 0 Å². The van der Waals surface area contributed by atoms with Crippen LogP contribution in [0.2, 0.25) is 10.0 Å². The summed E-state index contributed by atoms with van der Waals surface area (Å²) < 4.78 is 40.3. The maximum absolute atomic E-state index is 13.4. The summed E-state index contributed by atoms with van der Waals surface area (Å²) in [5.41, 5.74) is 12.1. The van der Waals surface area contributed by atoms with Crippen molar-refractivity contribution < 1.29 is 18.0 Å². The third kappa shape index (κ3) is 10.0. The van der Waals surface area contributed by atoms with Gasteiger partial charge in [-0.15, -0.1) is 0 Å². The molecule has 0 saturated heterocycles. The number of anilines is 3. The zero-order valence-corrected chi connectivity index (χ0v) is 25.2. The summed E-state index contributed by atoms with van der Waals surface area (Å²) >= 11 is 11.6. The third-order valence-electron chi connectivity index (χ3n) is 7.32. The summed E-state index contributed by atoms with van der Waals surface area (Å²) in [7, 11) is 0. The van der Waals surface area contributed by atoms with Gasteiger partial charge >= 0.3 is 6.18 Å². The number of aryl methyl sites for hydroxylation is 2. The summed E-state index contributed by atoms with van der Waals surface area (Å²) in [5.74, 6) is 0.142. The molecule has 0 radical (unpaired) electrons. The van der Waals surface area contributed by atoms with Crippen molar-refractivity contribution in [3.8, 4) is 0 Å². The topological polar surface area (TPSA) is 119 Å². The Hall–Kier alpha value is -3.08. The van der Waals surface area contributed by atoms with Crippen LogP contribution in [0, 0.1) is 25.7 Å². The Bertz CT molecular complexity index is 1340. The summed E-state index contributed by atoms with van der Waals surface area (Å²) in [6, 6.07) is 10.4. The molecular weight excluding hydrogens is 588 g/mol. The van der Waals surface area contributed by atoms with Gasteiger partial charge in [0.05, 0.1) is 5.56 Å². The van der Waals surface area contributed by atoms with Gasteiger partial charge in [0.25, 0.3) is 5.91 Å². The van der Waals surface area contributed by atoms with Gasteiger partial charge in [0.1, 0.15) is 0 Å². The van der Waals surface area contributed by atoms with Gasteiger partial charge in [-0.1, -0.05) is 48.2 Å². The number of carbonyl (C=O) groups is 1. The molecule has 0 spiro atoms. The minimum atomic E-state index is -4.79. The predicted octanol–water partition coefficient (Wildman–Crippen LogP) is 7.71. The van der Waals surface area contributed by atoms with Crippen molar-refractivity contribution >= 4 is 46.4 Å². The fourth-order valence-corrected chi connectivity index (χ4v) is 4.40. The lowest BCUT2D eigenvalue weighted by Crippen LogP contribution is -2.33. The number of alkyl halides is 3. The molecule has 42 heavy (non-hydrogen) atoms. The number of hydrogen-bond acceptors (Lipinski definition) is 6. The number of benzene rings is 2. The van der Waals surface area contributed by atoms with E-state index in [0.717, 1.165) is 54.7 Å². The van der Waals surface area contributed by atoms with Crippen molar-refractivity contribution in [2.75, 3.05) is 24.1 Å². The average molecular weight is 626 g/mol. The van der Waals surface area contributed by atoms with E-state index in [4.69, 9.17) is 34.7 Å². The van der Waals surface area contributed by atoms with Crippen LogP contribution in [-0.2, 0) is 6.18 Å². The molecule has 2 aliphatic rings. The second kappa shape index (κ2) is 15.4. The lowest BCUT2D eigenvalue weighted by molar-refractivity contribution is -0.141. The van der Waals surface area contributed by atoms with Gasteiger partial charge in [0.15, 0.2) is 5.69 Å². The number of rotatable bonds is 6. The number of nitrogen functional groups attached to an aromatic ring is 1. The molecule has 1 amide bonds. The first-order chi connectivity index (χ1) is 19.9. The quantitative estimate of drug-likeness (QED) is 0.209. The second-order valence-corrected chi connectivity index (χ2v) is 11.5. The van der Waals surface area contributed by atoms with Gasteiger partial charge in [0.2, 0.25) is 5.95 Å². The highest BCUT2D eigenvalue weighted by Crippen LogP contribution is 2.32. The Labute approximate surface area is 254 Å². The molecule has 0 aliphatic heterocycles. The molecule has 228 valence electrons. The van der Waals surface area contributed by atoms with E-state index in [9.17, 15) is 18.0 Å². The summed E-state index contributed by atoms with van der Waals surface area (Å²) in [6.45, 7) is 5.00. The number of nitrogens with zero attached hydrogens (tertiary/aromatic N) is 2. The van der Waals surface area contributed by atoms with Crippen LogP contribution < -0.4 is 22.1 Å². The van der Waals surface area contributed by atoms with Gasteiger partial charge in [-0.05, 0) is 93.3 Å². The van der Waals surface area contributed by atoms with Gasteiger partial charge in [-0.25, -0.2) is 9.97 Å². The molecule has 7 nitrogen and oxygen atoms in total. The minimum Gasteiger partial charge on any atom is -0.398 e. The second-order valence-electron chi connectivity index (χ2n) is 10.6. The van der Waals surface area contributed by atoms with E-state index in [2.05, 4.69) is 20.6 Å². The zero-order chi connectivity index (χ0) is 30.9. The highest BCUT2D eigenvalue weighted by molar-refractivity contribution is 6.31. The normalized spacial score (nSPS) is 14.8. The highest BCUT2D eigenvalue weighted by Gasteiger charge is 2.38. The molecule has 6 N–H and O–H groups in total. The molecule has 0 atom stereocenters. The first-order valence-electron chi connectivity index (χ1n) is 13.8. The Balaban J connectivity index is 0.000000261. The lowest BCUT2D eigenvalue weighted by Gasteiger charge is -2.25. The maximum Gasteiger partial charge on any atom is 0.434 e.